The van der Waals surface area contributed by atoms with Crippen LogP contribution in [0.15, 0.2) is 186 Å². The van der Waals surface area contributed by atoms with Crippen LogP contribution in [0, 0.1) is 0 Å². The summed E-state index contributed by atoms with van der Waals surface area (Å²) in [5.41, 5.74) is 9.93. The zero-order valence-corrected chi connectivity index (χ0v) is 78.4. The maximum Gasteiger partial charge on any atom is 0.416 e. The van der Waals surface area contributed by atoms with Crippen LogP contribution in [0.1, 0.15) is 130 Å². The topological polar surface area (TPSA) is 503 Å². The standard InChI is InChI=1S/C21H17F3N6O2.C21H20N6O3.2C20H17ClN6O2.C16H18N6O2/c22-21(23,24)13-2-1-3-15(8-13)26-16-9-17(27-14-4-5-14)30-19(28-16)12(10-25-30)6-11-7-18(31)29-20(11)32;1-30-16-4-2-3-15(9-16)23-17-10-18(24-14-5-6-14)27-20(25-17)13(11-22-27)7-12-8-19(28)26-21(12)29;21-13-1-3-14(4-2-13)23-16-9-17(24-15-5-6-15)27-19(25-16)12(10-22-27)7-11-8-18(28)26-20(11)29;21-13-2-1-3-15(8-13)23-16-9-17(24-14-4-5-14)27-19(25-16)12(10-22-27)6-11-7-18(28)26-20(11)29;1-21(2)12-7-13(18-11-3-4-11)22-15(19-12)10(8-17-22)5-9-6-14(23)20-16(9)24/h1-3,6,8-10,14,27H,4-5,7H2,(H,26,28)(H,29,31,32);2-4,7,9-11,14,24H,5-6,8H2,1H3,(H,23,25)(H,26,28,29);1-4,7,9-10,15,24H,5-6,8H2,(H,23,25)(H,26,28,29);1-3,6,8-10,14,24H,4-5,7H2,(H,23,25)(H,26,28,29);5,7-8,11,18H,3-4,6H2,1-2H3,(H,20,23,24)/b11-6+;12-7+;11-7+;11-6+;9-5+. The Morgan fingerprint density at radius 1 is 0.347 bits per heavy atom. The van der Waals surface area contributed by atoms with E-state index in [0.717, 1.165) is 134 Å². The minimum atomic E-state index is -4.46. The average molecular weight is 1990 g/mol. The van der Waals surface area contributed by atoms with Crippen LogP contribution in [0.2, 0.25) is 10.0 Å². The molecule has 0 bridgehead atoms. The van der Waals surface area contributed by atoms with Crippen molar-refractivity contribution in [3.8, 4) is 5.75 Å². The first-order chi connectivity index (χ1) is 69.4. The number of hydrogen-bond donors (Lipinski definition) is 14. The second-order valence-corrected chi connectivity index (χ2v) is 36.6. The second kappa shape index (κ2) is 39.7. The monoisotopic (exact) mass is 1990 g/mol. The lowest BCUT2D eigenvalue weighted by molar-refractivity contribution is -0.137. The van der Waals surface area contributed by atoms with Crippen LogP contribution in [0.25, 0.3) is 58.6 Å². The molecule has 4 aromatic carbocycles. The maximum atomic E-state index is 13.1. The predicted octanol–water partition coefficient (Wildman–Crippen LogP) is 13.0. The van der Waals surface area contributed by atoms with E-state index in [0.29, 0.717) is 142 Å². The van der Waals surface area contributed by atoms with Crippen molar-refractivity contribution < 1.29 is 65.9 Å². The number of imide groups is 5. The molecule has 14 aromatic rings. The van der Waals surface area contributed by atoms with E-state index in [9.17, 15) is 61.1 Å². The van der Waals surface area contributed by atoms with Crippen molar-refractivity contribution in [2.24, 2.45) is 0 Å². The Balaban J connectivity index is 0.000000110. The molecule has 5 saturated heterocycles. The van der Waals surface area contributed by atoms with E-state index in [2.05, 4.69) is 120 Å². The molecule has 46 heteroatoms. The number of methoxy groups -OCH3 is 1. The third-order valence-corrected chi connectivity index (χ3v) is 24.2. The van der Waals surface area contributed by atoms with Crippen molar-refractivity contribution in [2.45, 2.75) is 133 Å². The summed E-state index contributed by atoms with van der Waals surface area (Å²) in [6.07, 6.45) is 23.2. The van der Waals surface area contributed by atoms with E-state index in [1.54, 1.807) is 109 Å². The number of carbonyl (C=O) groups excluding carboxylic acids is 10. The Hall–Kier alpha value is -17.5. The summed E-state index contributed by atoms with van der Waals surface area (Å²) < 4.78 is 52.9. The SMILES string of the molecule is CN(C)c1cc(NC2CC2)n2ncc(/C=C3\CC(=O)NC3=O)c2n1.COc1cccc(Nc2cc(NC3CC3)n3ncc(/C=C4\CC(=O)NC4=O)c3n2)c1.O=C1C/C(=C\c2cnn3c(NC4CC4)cc(Nc4ccc(Cl)cc4)nc23)C(=O)N1.O=C1C/C(=C\c2cnn3c(NC4CC4)cc(Nc4cccc(C(F)(F)F)c4)nc23)C(=O)N1.O=C1C/C(=C\c2cnn3c(NC4CC4)cc(Nc4cccc(Cl)c4)nc23)C(=O)N1. The Kier molecular flexibility index (Phi) is 25.9. The highest BCUT2D eigenvalue weighted by Gasteiger charge is 2.35. The number of halogens is 5. The molecule has 5 aliphatic carbocycles. The number of rotatable bonds is 25. The molecule has 0 spiro atoms. The number of nitrogens with zero attached hydrogens (tertiary/aromatic N) is 16. The zero-order chi connectivity index (χ0) is 99.9. The van der Waals surface area contributed by atoms with Gasteiger partial charge in [-0.3, -0.25) is 74.5 Å². The minimum absolute atomic E-state index is 0.0362. The molecule has 15 heterocycles. The van der Waals surface area contributed by atoms with Crippen LogP contribution in [-0.2, 0) is 54.1 Å². The quantitative estimate of drug-likeness (QED) is 0.0187. The molecule has 10 aromatic heterocycles. The molecule has 10 aliphatic rings. The molecule has 24 rings (SSSR count). The number of carbonyl (C=O) groups is 10. The fourth-order valence-electron chi connectivity index (χ4n) is 15.8. The number of ether oxygens (including phenoxy) is 1. The molecule has 41 nitrogen and oxygen atoms in total. The van der Waals surface area contributed by atoms with Crippen LogP contribution in [0.5, 0.6) is 5.75 Å². The lowest BCUT2D eigenvalue weighted by Crippen LogP contribution is -2.19. The van der Waals surface area contributed by atoms with Crippen molar-refractivity contribution in [3.63, 3.8) is 0 Å². The van der Waals surface area contributed by atoms with Crippen LogP contribution in [0.3, 0.4) is 0 Å². The van der Waals surface area contributed by atoms with E-state index >= 15 is 0 Å². The molecule has 5 saturated carbocycles. The summed E-state index contributed by atoms with van der Waals surface area (Å²) in [5, 5.41) is 64.7. The Bertz CT molecular complexity index is 7790. The molecule has 14 N–H and O–H groups in total. The van der Waals surface area contributed by atoms with Crippen LogP contribution >= 0.6 is 23.2 Å². The molecule has 5 aliphatic heterocycles. The van der Waals surface area contributed by atoms with Crippen LogP contribution < -0.4 is 84.1 Å². The first-order valence-electron chi connectivity index (χ1n) is 46.0. The lowest BCUT2D eigenvalue weighted by Gasteiger charge is -2.15. The highest BCUT2D eigenvalue weighted by atomic mass is 35.5. The summed E-state index contributed by atoms with van der Waals surface area (Å²) in [6, 6.07) is 38.5. The van der Waals surface area contributed by atoms with Gasteiger partial charge >= 0.3 is 6.18 Å². The molecule has 10 fully saturated rings. The Labute approximate surface area is 824 Å². The molecule has 0 radical (unpaired) electrons. The number of aromatic nitrogens is 15. The number of nitrogens with one attached hydrogen (secondary N) is 14. The molecular formula is C98H89Cl2F3N30O11. The van der Waals surface area contributed by atoms with Crippen LogP contribution in [-0.4, -0.2) is 183 Å². The van der Waals surface area contributed by atoms with Gasteiger partial charge in [0.2, 0.25) is 29.5 Å². The van der Waals surface area contributed by atoms with E-state index in [-0.39, 0.29) is 97.0 Å². The fourth-order valence-corrected chi connectivity index (χ4v) is 16.1. The predicted molar refractivity (Wildman–Crippen MR) is 532 cm³/mol. The number of amides is 10. The van der Waals surface area contributed by atoms with Gasteiger partial charge < -0.3 is 57.5 Å². The van der Waals surface area contributed by atoms with Gasteiger partial charge in [-0.25, -0.2) is 24.9 Å². The zero-order valence-electron chi connectivity index (χ0n) is 76.9. The van der Waals surface area contributed by atoms with Crippen molar-refractivity contribution in [1.29, 1.82) is 0 Å². The van der Waals surface area contributed by atoms with Crippen molar-refractivity contribution >= 4 is 222 Å². The Morgan fingerprint density at radius 3 is 0.917 bits per heavy atom. The summed E-state index contributed by atoms with van der Waals surface area (Å²) in [7, 11) is 5.48. The largest absolute Gasteiger partial charge is 0.497 e. The van der Waals surface area contributed by atoms with E-state index in [1.165, 1.54) is 18.3 Å². The molecule has 732 valence electrons. The lowest BCUT2D eigenvalue weighted by atomic mass is 10.1. The van der Waals surface area contributed by atoms with Crippen molar-refractivity contribution in [2.75, 3.05) is 74.0 Å². The smallest absolute Gasteiger partial charge is 0.416 e. The molecule has 0 atom stereocenters. The maximum absolute atomic E-state index is 13.1. The molecule has 10 amide bonds. The van der Waals surface area contributed by atoms with Gasteiger partial charge in [0.15, 0.2) is 28.2 Å². The number of alkyl halides is 3. The number of benzene rings is 4. The van der Waals surface area contributed by atoms with Gasteiger partial charge in [-0.1, -0.05) is 41.4 Å². The van der Waals surface area contributed by atoms with Gasteiger partial charge in [0.1, 0.15) is 63.9 Å². The molecular weight excluding hydrogens is 1900 g/mol. The Morgan fingerprint density at radius 2 is 0.632 bits per heavy atom. The molecule has 144 heavy (non-hydrogen) atoms. The van der Waals surface area contributed by atoms with Crippen molar-refractivity contribution in [3.05, 3.63) is 230 Å². The van der Waals surface area contributed by atoms with E-state index < -0.39 is 17.6 Å². The van der Waals surface area contributed by atoms with Gasteiger partial charge in [-0.2, -0.15) is 61.2 Å². The molecule has 0 unspecified atom stereocenters. The normalized spacial score (nSPS) is 17.9. The van der Waals surface area contributed by atoms with E-state index in [4.69, 9.17) is 32.9 Å². The summed E-state index contributed by atoms with van der Waals surface area (Å²) >= 11 is 12.0. The van der Waals surface area contributed by atoms with Gasteiger partial charge in [0.05, 0.1) is 75.8 Å². The number of hydrogen-bond acceptors (Lipinski definition) is 31. The summed E-state index contributed by atoms with van der Waals surface area (Å²) in [4.78, 5) is 142. The summed E-state index contributed by atoms with van der Waals surface area (Å²) in [6.45, 7) is 0. The first-order valence-corrected chi connectivity index (χ1v) is 46.8. The van der Waals surface area contributed by atoms with Crippen LogP contribution in [0.4, 0.5) is 94.1 Å². The van der Waals surface area contributed by atoms with Gasteiger partial charge in [0, 0.05) is 169 Å². The van der Waals surface area contributed by atoms with E-state index in [1.807, 2.05) is 97.9 Å². The van der Waals surface area contributed by atoms with Gasteiger partial charge in [-0.05, 0) is 167 Å². The van der Waals surface area contributed by atoms with Gasteiger partial charge in [-0.15, -0.1) is 0 Å². The second-order valence-electron chi connectivity index (χ2n) is 35.7. The third kappa shape index (κ3) is 22.5. The highest BCUT2D eigenvalue weighted by Crippen LogP contribution is 2.39. The third-order valence-electron chi connectivity index (χ3n) is 23.7. The number of fused-ring (bicyclic) bond motifs is 5. The fraction of sp³-hybridized carbons (Fsp3) is 0.245. The van der Waals surface area contributed by atoms with Crippen molar-refractivity contribution in [1.82, 2.24) is 99.6 Å². The highest BCUT2D eigenvalue weighted by molar-refractivity contribution is 6.31. The minimum Gasteiger partial charge on any atom is -0.497 e. The van der Waals surface area contributed by atoms with Gasteiger partial charge in [0.25, 0.3) is 29.5 Å². The summed E-state index contributed by atoms with van der Waals surface area (Å²) in [5.74, 6) is 4.16. The first kappa shape index (κ1) is 94.2. The average Bonchev–Trinajstić information content (AvgIpc) is 1.65. The number of anilines is 14.